The van der Waals surface area contributed by atoms with Gasteiger partial charge in [-0.15, -0.1) is 0 Å². The van der Waals surface area contributed by atoms with E-state index in [-0.39, 0.29) is 6.10 Å². The van der Waals surface area contributed by atoms with Crippen LogP contribution in [0.1, 0.15) is 12.5 Å². The highest BCUT2D eigenvalue weighted by molar-refractivity contribution is 5.81. The fourth-order valence-electron chi connectivity index (χ4n) is 2.18. The molecule has 1 N–H and O–H groups in total. The predicted octanol–water partition coefficient (Wildman–Crippen LogP) is 2.11. The average Bonchev–Trinajstić information content (AvgIpc) is 2.55. The van der Waals surface area contributed by atoms with Gasteiger partial charge in [0.25, 0.3) is 0 Å². The molecule has 2 heterocycles. The average molecular weight is 244 g/mol. The molecule has 0 spiro atoms. The third-order valence-electron chi connectivity index (χ3n) is 3.12. The first-order chi connectivity index (χ1) is 8.76. The molecule has 0 fully saturated rings. The first-order valence-corrected chi connectivity index (χ1v) is 6.11. The fraction of sp³-hybridized carbons (Fsp3) is 0.357. The maximum Gasteiger partial charge on any atom is 0.218 e. The molecular weight excluding hydrogens is 228 g/mol. The van der Waals surface area contributed by atoms with Crippen LogP contribution in [0.2, 0.25) is 0 Å². The van der Waals surface area contributed by atoms with E-state index in [1.807, 2.05) is 25.1 Å². The SMILES string of the molecule is COc1ccc2nc3c(cc2c1)CNCC(C)O3. The molecule has 0 bridgehead atoms. The lowest BCUT2D eigenvalue weighted by Gasteiger charge is -2.12. The van der Waals surface area contributed by atoms with Crippen LogP contribution in [-0.2, 0) is 6.54 Å². The van der Waals surface area contributed by atoms with Gasteiger partial charge < -0.3 is 14.8 Å². The van der Waals surface area contributed by atoms with Gasteiger partial charge in [-0.1, -0.05) is 0 Å². The van der Waals surface area contributed by atoms with Crippen LogP contribution in [0.5, 0.6) is 11.6 Å². The van der Waals surface area contributed by atoms with E-state index >= 15 is 0 Å². The zero-order valence-electron chi connectivity index (χ0n) is 10.6. The minimum atomic E-state index is 0.148. The van der Waals surface area contributed by atoms with Gasteiger partial charge in [-0.05, 0) is 31.2 Å². The quantitative estimate of drug-likeness (QED) is 0.834. The second-order valence-corrected chi connectivity index (χ2v) is 4.57. The molecular formula is C14H16N2O2. The van der Waals surface area contributed by atoms with Gasteiger partial charge in [0.05, 0.1) is 12.6 Å². The first-order valence-electron chi connectivity index (χ1n) is 6.11. The molecule has 0 amide bonds. The highest BCUT2D eigenvalue weighted by atomic mass is 16.5. The van der Waals surface area contributed by atoms with Gasteiger partial charge in [0, 0.05) is 24.0 Å². The van der Waals surface area contributed by atoms with Crippen LogP contribution >= 0.6 is 0 Å². The Labute approximate surface area is 106 Å². The summed E-state index contributed by atoms with van der Waals surface area (Å²) in [6.07, 6.45) is 0.148. The number of fused-ring (bicyclic) bond motifs is 2. The molecule has 0 saturated carbocycles. The highest BCUT2D eigenvalue weighted by Crippen LogP contribution is 2.27. The molecule has 1 aromatic heterocycles. The lowest BCUT2D eigenvalue weighted by atomic mass is 10.1. The molecule has 1 aliphatic heterocycles. The molecule has 18 heavy (non-hydrogen) atoms. The highest BCUT2D eigenvalue weighted by Gasteiger charge is 2.15. The number of ether oxygens (including phenoxy) is 2. The molecule has 4 heteroatoms. The van der Waals surface area contributed by atoms with Crippen LogP contribution in [0.3, 0.4) is 0 Å². The van der Waals surface area contributed by atoms with Gasteiger partial charge in [0.15, 0.2) is 0 Å². The van der Waals surface area contributed by atoms with Crippen molar-refractivity contribution in [2.45, 2.75) is 19.6 Å². The first kappa shape index (κ1) is 11.3. The fourth-order valence-corrected chi connectivity index (χ4v) is 2.18. The summed E-state index contributed by atoms with van der Waals surface area (Å²) >= 11 is 0. The maximum atomic E-state index is 5.82. The van der Waals surface area contributed by atoms with Crippen molar-refractivity contribution >= 4 is 10.9 Å². The zero-order valence-corrected chi connectivity index (χ0v) is 10.6. The van der Waals surface area contributed by atoms with Gasteiger partial charge in [0.1, 0.15) is 11.9 Å². The summed E-state index contributed by atoms with van der Waals surface area (Å²) < 4.78 is 11.1. The molecule has 3 rings (SSSR count). The van der Waals surface area contributed by atoms with Crippen LogP contribution in [-0.4, -0.2) is 24.7 Å². The zero-order chi connectivity index (χ0) is 12.5. The largest absolute Gasteiger partial charge is 0.497 e. The van der Waals surface area contributed by atoms with Crippen molar-refractivity contribution in [1.29, 1.82) is 0 Å². The Morgan fingerprint density at radius 1 is 1.39 bits per heavy atom. The smallest absolute Gasteiger partial charge is 0.218 e. The molecule has 1 unspecified atom stereocenters. The minimum absolute atomic E-state index is 0.148. The van der Waals surface area contributed by atoms with Crippen molar-refractivity contribution in [2.24, 2.45) is 0 Å². The number of nitrogens with one attached hydrogen (secondary N) is 1. The summed E-state index contributed by atoms with van der Waals surface area (Å²) in [5, 5.41) is 4.43. The van der Waals surface area contributed by atoms with Gasteiger partial charge in [-0.3, -0.25) is 0 Å². The molecule has 94 valence electrons. The third kappa shape index (κ3) is 1.99. The second-order valence-electron chi connectivity index (χ2n) is 4.57. The Hall–Kier alpha value is -1.81. The van der Waals surface area contributed by atoms with Crippen LogP contribution in [0.25, 0.3) is 10.9 Å². The molecule has 1 aliphatic rings. The summed E-state index contributed by atoms with van der Waals surface area (Å²) in [4.78, 5) is 4.58. The number of pyridine rings is 1. The van der Waals surface area contributed by atoms with Crippen LogP contribution in [0.15, 0.2) is 24.3 Å². The van der Waals surface area contributed by atoms with Crippen molar-refractivity contribution < 1.29 is 9.47 Å². The normalized spacial score (nSPS) is 18.9. The van der Waals surface area contributed by atoms with Gasteiger partial charge in [-0.25, -0.2) is 4.98 Å². The van der Waals surface area contributed by atoms with Crippen molar-refractivity contribution in [3.8, 4) is 11.6 Å². The van der Waals surface area contributed by atoms with Crippen LogP contribution in [0, 0.1) is 0 Å². The molecule has 0 radical (unpaired) electrons. The Kier molecular flexibility index (Phi) is 2.80. The van der Waals surface area contributed by atoms with E-state index in [2.05, 4.69) is 16.4 Å². The molecule has 0 aliphatic carbocycles. The molecule has 0 saturated heterocycles. The number of methoxy groups -OCH3 is 1. The van der Waals surface area contributed by atoms with Gasteiger partial charge in [-0.2, -0.15) is 0 Å². The van der Waals surface area contributed by atoms with E-state index in [0.29, 0.717) is 0 Å². The predicted molar refractivity (Wildman–Crippen MR) is 70.1 cm³/mol. The van der Waals surface area contributed by atoms with Crippen molar-refractivity contribution in [3.05, 3.63) is 29.8 Å². The van der Waals surface area contributed by atoms with Crippen molar-refractivity contribution in [1.82, 2.24) is 10.3 Å². The Morgan fingerprint density at radius 3 is 3.11 bits per heavy atom. The van der Waals surface area contributed by atoms with E-state index in [1.165, 1.54) is 0 Å². The van der Waals surface area contributed by atoms with E-state index in [4.69, 9.17) is 9.47 Å². The van der Waals surface area contributed by atoms with E-state index in [1.54, 1.807) is 7.11 Å². The standard InChI is InChI=1S/C14H16N2O2/c1-9-7-15-8-11-5-10-6-12(17-2)3-4-13(10)16-14(11)18-9/h3-6,9,15H,7-8H2,1-2H3. The summed E-state index contributed by atoms with van der Waals surface area (Å²) in [5.74, 6) is 1.59. The Morgan fingerprint density at radius 2 is 2.28 bits per heavy atom. The minimum Gasteiger partial charge on any atom is -0.497 e. The van der Waals surface area contributed by atoms with E-state index < -0.39 is 0 Å². The summed E-state index contributed by atoms with van der Waals surface area (Å²) in [5.41, 5.74) is 2.03. The lowest BCUT2D eigenvalue weighted by molar-refractivity contribution is 0.218. The lowest BCUT2D eigenvalue weighted by Crippen LogP contribution is -2.25. The molecule has 1 atom stereocenters. The Balaban J connectivity index is 2.12. The number of nitrogens with zero attached hydrogens (tertiary/aromatic N) is 1. The summed E-state index contributed by atoms with van der Waals surface area (Å²) in [7, 11) is 1.67. The number of hydrogen-bond donors (Lipinski definition) is 1. The van der Waals surface area contributed by atoms with E-state index in [9.17, 15) is 0 Å². The third-order valence-corrected chi connectivity index (χ3v) is 3.12. The second kappa shape index (κ2) is 4.46. The molecule has 2 aromatic rings. The number of aromatic nitrogens is 1. The maximum absolute atomic E-state index is 5.82. The van der Waals surface area contributed by atoms with Crippen molar-refractivity contribution in [2.75, 3.05) is 13.7 Å². The number of hydrogen-bond acceptors (Lipinski definition) is 4. The van der Waals surface area contributed by atoms with Crippen LogP contribution < -0.4 is 14.8 Å². The molecule has 4 nitrogen and oxygen atoms in total. The summed E-state index contributed by atoms with van der Waals surface area (Å²) in [6.45, 7) is 3.68. The summed E-state index contributed by atoms with van der Waals surface area (Å²) in [6, 6.07) is 7.99. The topological polar surface area (TPSA) is 43.4 Å². The van der Waals surface area contributed by atoms with Crippen LogP contribution in [0.4, 0.5) is 0 Å². The Bertz CT molecular complexity index is 583. The van der Waals surface area contributed by atoms with Gasteiger partial charge >= 0.3 is 0 Å². The van der Waals surface area contributed by atoms with Crippen molar-refractivity contribution in [3.63, 3.8) is 0 Å². The van der Waals surface area contributed by atoms with Gasteiger partial charge in [0.2, 0.25) is 5.88 Å². The van der Waals surface area contributed by atoms with E-state index in [0.717, 1.165) is 41.2 Å². The number of rotatable bonds is 1. The monoisotopic (exact) mass is 244 g/mol. The number of benzene rings is 1. The molecule has 1 aromatic carbocycles.